The molecule has 0 aromatic heterocycles. The van der Waals surface area contributed by atoms with Crippen LogP contribution in [0.4, 0.5) is 4.39 Å². The Kier molecular flexibility index (Phi) is 9.09. The molecule has 0 bridgehead atoms. The second kappa shape index (κ2) is 12.0. The van der Waals surface area contributed by atoms with Gasteiger partial charge in [-0.1, -0.05) is 39.0 Å². The highest BCUT2D eigenvalue weighted by Gasteiger charge is 2.40. The van der Waals surface area contributed by atoms with Crippen LogP contribution >= 0.6 is 0 Å². The topological polar surface area (TPSA) is 105 Å². The molecule has 230 valence electrons. The number of likely N-dealkylation sites (N-methyl/N-ethyl adjacent to an activating group) is 1. The summed E-state index contributed by atoms with van der Waals surface area (Å²) >= 11 is 0. The first-order valence-electron chi connectivity index (χ1n) is 14.6. The molecule has 1 saturated heterocycles. The van der Waals surface area contributed by atoms with Crippen LogP contribution in [0.25, 0.3) is 11.1 Å². The summed E-state index contributed by atoms with van der Waals surface area (Å²) < 4.78 is 47.0. The molecule has 2 aromatic rings. The molecule has 0 spiro atoms. The van der Waals surface area contributed by atoms with Gasteiger partial charge in [0.25, 0.3) is 0 Å². The number of likely N-dealkylation sites (tertiary alicyclic amines) is 1. The zero-order valence-electron chi connectivity index (χ0n) is 25.7. The van der Waals surface area contributed by atoms with E-state index in [-0.39, 0.29) is 35.3 Å². The maximum absolute atomic E-state index is 14.9. The molecule has 10 heteroatoms. The van der Waals surface area contributed by atoms with Crippen LogP contribution in [-0.2, 0) is 31.4 Å². The molecule has 2 fully saturated rings. The van der Waals surface area contributed by atoms with E-state index in [1.165, 1.54) is 6.07 Å². The first-order chi connectivity index (χ1) is 19.5. The number of hydrogen-bond donors (Lipinski definition) is 2. The quantitative estimate of drug-likeness (QED) is 0.437. The molecule has 8 nitrogen and oxygen atoms in total. The van der Waals surface area contributed by atoms with Gasteiger partial charge in [0.15, 0.2) is 0 Å². The zero-order chi connectivity index (χ0) is 31.0. The summed E-state index contributed by atoms with van der Waals surface area (Å²) in [4.78, 5) is 28.1. The molecule has 4 rings (SSSR count). The Hall–Kier alpha value is -2.98. The summed E-state index contributed by atoms with van der Waals surface area (Å²) in [5, 5.41) is 3.23. The van der Waals surface area contributed by atoms with E-state index in [1.807, 2.05) is 20.0 Å². The lowest BCUT2D eigenvalue weighted by atomic mass is 9.82. The first kappa shape index (κ1) is 31.9. The molecule has 3 atom stereocenters. The van der Waals surface area contributed by atoms with E-state index in [1.54, 1.807) is 38.1 Å². The van der Waals surface area contributed by atoms with Crippen molar-refractivity contribution in [3.8, 4) is 16.9 Å². The predicted molar refractivity (Wildman–Crippen MR) is 162 cm³/mol. The summed E-state index contributed by atoms with van der Waals surface area (Å²) in [6.45, 7) is 10.4. The van der Waals surface area contributed by atoms with E-state index < -0.39 is 21.3 Å². The molecular weight excluding hydrogens is 557 g/mol. The number of nitrogens with zero attached hydrogens (tertiary/aromatic N) is 1. The summed E-state index contributed by atoms with van der Waals surface area (Å²) in [5.41, 5.74) is 1.29. The molecule has 1 aliphatic heterocycles. The minimum atomic E-state index is -3.75. The Balaban J connectivity index is 1.59. The van der Waals surface area contributed by atoms with E-state index in [9.17, 15) is 22.4 Å². The van der Waals surface area contributed by atoms with Crippen molar-refractivity contribution < 1.29 is 27.1 Å². The number of rotatable bonds is 9. The standard InChI is InChI=1S/C32H44FN3O5S/c1-8-23-24(10-9-11-26(23)33)25-16-20(32(4,5)30(38)35-42(7,39)40)12-15-28(25)41-22-14-13-21(17-22)34-29(37)27-18-31(2,3)19-36(27)6/h9-12,15-16,21-22,27H,8,13-14,17-19H2,1-7H3,(H,34,37)(H,35,38)/t21-,22-,27+/m1/s1. The number of sulfonamides is 1. The van der Waals surface area contributed by atoms with Crippen molar-refractivity contribution in [2.45, 2.75) is 90.3 Å². The molecule has 1 saturated carbocycles. The van der Waals surface area contributed by atoms with Crippen LogP contribution in [0, 0.1) is 11.2 Å². The maximum Gasteiger partial charge on any atom is 0.243 e. The molecule has 42 heavy (non-hydrogen) atoms. The SMILES string of the molecule is CCc1c(F)cccc1-c1cc(C(C)(C)C(=O)NS(C)(=O)=O)ccc1O[C@@H]1CC[C@@H](NC(=O)[C@@H]2CC(C)(C)CN2C)C1. The van der Waals surface area contributed by atoms with Gasteiger partial charge in [-0.05, 0) is 86.9 Å². The minimum absolute atomic E-state index is 0.00123. The average molecular weight is 602 g/mol. The Morgan fingerprint density at radius 1 is 1.14 bits per heavy atom. The fourth-order valence-corrected chi connectivity index (χ4v) is 6.90. The van der Waals surface area contributed by atoms with Crippen LogP contribution in [0.1, 0.15) is 71.4 Å². The van der Waals surface area contributed by atoms with Crippen LogP contribution < -0.4 is 14.8 Å². The minimum Gasteiger partial charge on any atom is -0.490 e. The van der Waals surface area contributed by atoms with Gasteiger partial charge in [-0.3, -0.25) is 19.2 Å². The average Bonchev–Trinajstić information content (AvgIpc) is 3.44. The van der Waals surface area contributed by atoms with Crippen LogP contribution in [-0.4, -0.2) is 63.2 Å². The third-order valence-corrected chi connectivity index (χ3v) is 9.15. The third-order valence-electron chi connectivity index (χ3n) is 8.59. The van der Waals surface area contributed by atoms with Crippen LogP contribution in [0.5, 0.6) is 5.75 Å². The van der Waals surface area contributed by atoms with Gasteiger partial charge in [0, 0.05) is 24.6 Å². The number of carbonyl (C=O) groups excluding carboxylic acids is 2. The van der Waals surface area contributed by atoms with Gasteiger partial charge in [0.2, 0.25) is 21.8 Å². The molecule has 2 aromatic carbocycles. The molecule has 1 heterocycles. The fourth-order valence-electron chi connectivity index (χ4n) is 6.31. The number of halogens is 1. The first-order valence-corrected chi connectivity index (χ1v) is 16.5. The second-order valence-corrected chi connectivity index (χ2v) is 15.0. The van der Waals surface area contributed by atoms with Crippen molar-refractivity contribution in [3.63, 3.8) is 0 Å². The van der Waals surface area contributed by atoms with Gasteiger partial charge in [0.1, 0.15) is 17.7 Å². The number of nitrogens with one attached hydrogen (secondary N) is 2. The largest absolute Gasteiger partial charge is 0.490 e. The fraction of sp³-hybridized carbons (Fsp3) is 0.562. The van der Waals surface area contributed by atoms with Gasteiger partial charge >= 0.3 is 0 Å². The number of amides is 2. The number of hydrogen-bond acceptors (Lipinski definition) is 6. The van der Waals surface area contributed by atoms with E-state index in [0.29, 0.717) is 40.8 Å². The van der Waals surface area contributed by atoms with Gasteiger partial charge in [-0.25, -0.2) is 12.8 Å². The van der Waals surface area contributed by atoms with Gasteiger partial charge in [-0.2, -0.15) is 0 Å². The summed E-state index contributed by atoms with van der Waals surface area (Å²) in [6, 6.07) is 10.1. The van der Waals surface area contributed by atoms with E-state index in [0.717, 1.165) is 32.1 Å². The lowest BCUT2D eigenvalue weighted by Gasteiger charge is -2.26. The monoisotopic (exact) mass is 601 g/mol. The Labute approximate surface area is 249 Å². The molecule has 1 aliphatic carbocycles. The van der Waals surface area contributed by atoms with E-state index in [4.69, 9.17) is 4.74 Å². The highest BCUT2D eigenvalue weighted by molar-refractivity contribution is 7.89. The Morgan fingerprint density at radius 2 is 1.86 bits per heavy atom. The van der Waals surface area contributed by atoms with Crippen LogP contribution in [0.2, 0.25) is 0 Å². The highest BCUT2D eigenvalue weighted by Crippen LogP contribution is 2.40. The summed E-state index contributed by atoms with van der Waals surface area (Å²) in [7, 11) is -1.76. The van der Waals surface area contributed by atoms with Crippen molar-refractivity contribution in [1.29, 1.82) is 0 Å². The van der Waals surface area contributed by atoms with Crippen LogP contribution in [0.3, 0.4) is 0 Å². The molecular formula is C32H44FN3O5S. The van der Waals surface area contributed by atoms with E-state index >= 15 is 0 Å². The van der Waals surface area contributed by atoms with Gasteiger partial charge in [-0.15, -0.1) is 0 Å². The van der Waals surface area contributed by atoms with Crippen molar-refractivity contribution in [1.82, 2.24) is 14.9 Å². The normalized spacial score (nSPS) is 22.6. The van der Waals surface area contributed by atoms with Crippen molar-refractivity contribution in [3.05, 3.63) is 53.3 Å². The van der Waals surface area contributed by atoms with Crippen molar-refractivity contribution >= 4 is 21.8 Å². The Bertz CT molecular complexity index is 1460. The predicted octanol–water partition coefficient (Wildman–Crippen LogP) is 4.55. The Morgan fingerprint density at radius 3 is 2.48 bits per heavy atom. The zero-order valence-corrected chi connectivity index (χ0v) is 26.5. The second-order valence-electron chi connectivity index (χ2n) is 13.2. The summed E-state index contributed by atoms with van der Waals surface area (Å²) in [5.74, 6) is -0.386. The van der Waals surface area contributed by atoms with Crippen molar-refractivity contribution in [2.24, 2.45) is 5.41 Å². The summed E-state index contributed by atoms with van der Waals surface area (Å²) in [6.07, 6.45) is 4.26. The molecule has 2 amide bonds. The smallest absolute Gasteiger partial charge is 0.243 e. The lowest BCUT2D eigenvalue weighted by molar-refractivity contribution is -0.126. The maximum atomic E-state index is 14.9. The molecule has 0 radical (unpaired) electrons. The highest BCUT2D eigenvalue weighted by atomic mass is 32.2. The third kappa shape index (κ3) is 7.14. The lowest BCUT2D eigenvalue weighted by Crippen LogP contribution is -2.45. The molecule has 0 unspecified atom stereocenters. The van der Waals surface area contributed by atoms with Gasteiger partial charge in [0.05, 0.1) is 17.7 Å². The number of carbonyl (C=O) groups is 2. The van der Waals surface area contributed by atoms with Crippen molar-refractivity contribution in [2.75, 3.05) is 19.8 Å². The van der Waals surface area contributed by atoms with E-state index in [2.05, 4.69) is 28.8 Å². The number of benzene rings is 2. The van der Waals surface area contributed by atoms with Crippen LogP contribution in [0.15, 0.2) is 36.4 Å². The number of ether oxygens (including phenoxy) is 1. The molecule has 2 N–H and O–H groups in total. The van der Waals surface area contributed by atoms with Gasteiger partial charge < -0.3 is 10.1 Å². The molecule has 2 aliphatic rings.